The molecule has 0 saturated carbocycles. The van der Waals surface area contributed by atoms with Crippen LogP contribution < -0.4 is 0 Å². The first kappa shape index (κ1) is 13.7. The first-order valence-corrected chi connectivity index (χ1v) is 5.59. The highest BCUT2D eigenvalue weighted by Crippen LogP contribution is 2.23. The fourth-order valence-corrected chi connectivity index (χ4v) is 1.72. The molecular weight excluding hydrogens is 230 g/mol. The van der Waals surface area contributed by atoms with Crippen molar-refractivity contribution in [3.63, 3.8) is 0 Å². The highest BCUT2D eigenvalue weighted by atomic mass is 19.1. The zero-order valence-corrected chi connectivity index (χ0v) is 9.73. The van der Waals surface area contributed by atoms with Crippen LogP contribution >= 0.6 is 0 Å². The molecule has 1 amide bonds. The van der Waals surface area contributed by atoms with Gasteiger partial charge in [0.1, 0.15) is 13.3 Å². The summed E-state index contributed by atoms with van der Waals surface area (Å²) in [7, 11) is 0. The average Bonchev–Trinajstić information content (AvgIpc) is 2.36. The maximum absolute atomic E-state index is 12.2. The van der Waals surface area contributed by atoms with Crippen LogP contribution in [0.5, 0.6) is 0 Å². The second kappa shape index (κ2) is 6.38. The number of carbonyl (C=O) groups excluding carboxylic acids is 1. The van der Waals surface area contributed by atoms with E-state index in [0.717, 1.165) is 0 Å². The van der Waals surface area contributed by atoms with Crippen molar-refractivity contribution in [2.45, 2.75) is 19.4 Å². The van der Waals surface area contributed by atoms with Gasteiger partial charge in [-0.2, -0.15) is 5.26 Å². The predicted octanol–water partition coefficient (Wildman–Crippen LogP) is 1.91. The number of halogens is 2. The smallest absolute Gasteiger partial charge is 0.410 e. The van der Waals surface area contributed by atoms with E-state index in [1.165, 1.54) is 4.90 Å². The standard InChI is InChI=1S/C11H16F2N2O2/c1-8-2-3-15(7-9(8)6-14)11(16)17-10(4-12)5-13/h8-10H,2-5,7H2,1H3. The lowest BCUT2D eigenvalue weighted by Gasteiger charge is -2.33. The monoisotopic (exact) mass is 246 g/mol. The normalized spacial score (nSPS) is 24.5. The van der Waals surface area contributed by atoms with Gasteiger partial charge in [0, 0.05) is 13.1 Å². The van der Waals surface area contributed by atoms with E-state index in [1.807, 2.05) is 6.92 Å². The Morgan fingerprint density at radius 1 is 1.59 bits per heavy atom. The Labute approximate surface area is 99.1 Å². The fraction of sp³-hybridized carbons (Fsp3) is 0.818. The third-order valence-corrected chi connectivity index (χ3v) is 2.99. The van der Waals surface area contributed by atoms with E-state index in [0.29, 0.717) is 13.0 Å². The lowest BCUT2D eigenvalue weighted by molar-refractivity contribution is 0.0283. The van der Waals surface area contributed by atoms with Gasteiger partial charge in [-0.15, -0.1) is 0 Å². The molecule has 4 nitrogen and oxygen atoms in total. The van der Waals surface area contributed by atoms with Crippen LogP contribution in [0.1, 0.15) is 13.3 Å². The van der Waals surface area contributed by atoms with E-state index in [-0.39, 0.29) is 18.4 Å². The van der Waals surface area contributed by atoms with Gasteiger partial charge in [-0.3, -0.25) is 0 Å². The van der Waals surface area contributed by atoms with Gasteiger partial charge in [0.2, 0.25) is 0 Å². The molecule has 0 N–H and O–H groups in total. The number of nitrogens with zero attached hydrogens (tertiary/aromatic N) is 2. The number of alkyl halides is 2. The second-order valence-corrected chi connectivity index (χ2v) is 4.26. The quantitative estimate of drug-likeness (QED) is 0.764. The average molecular weight is 246 g/mol. The summed E-state index contributed by atoms with van der Waals surface area (Å²) in [5.74, 6) is -0.0206. The van der Waals surface area contributed by atoms with E-state index in [2.05, 4.69) is 10.8 Å². The van der Waals surface area contributed by atoms with Gasteiger partial charge in [0.15, 0.2) is 6.10 Å². The van der Waals surface area contributed by atoms with E-state index < -0.39 is 25.5 Å². The highest BCUT2D eigenvalue weighted by Gasteiger charge is 2.30. The van der Waals surface area contributed by atoms with Gasteiger partial charge >= 0.3 is 6.09 Å². The maximum atomic E-state index is 12.2. The number of hydrogen-bond acceptors (Lipinski definition) is 3. The Morgan fingerprint density at radius 3 is 2.76 bits per heavy atom. The van der Waals surface area contributed by atoms with Crippen molar-refractivity contribution in [3.05, 3.63) is 0 Å². The van der Waals surface area contributed by atoms with Crippen LogP contribution in [0.15, 0.2) is 0 Å². The molecule has 0 bridgehead atoms. The van der Waals surface area contributed by atoms with Gasteiger partial charge in [-0.05, 0) is 12.3 Å². The van der Waals surface area contributed by atoms with Gasteiger partial charge < -0.3 is 9.64 Å². The SMILES string of the molecule is CC1CCN(C(=O)OC(CF)CF)CC1C#N. The van der Waals surface area contributed by atoms with E-state index in [1.54, 1.807) is 0 Å². The summed E-state index contributed by atoms with van der Waals surface area (Å²) in [6, 6.07) is 2.12. The molecule has 0 spiro atoms. The third-order valence-electron chi connectivity index (χ3n) is 2.99. The number of piperidine rings is 1. The fourth-order valence-electron chi connectivity index (χ4n) is 1.72. The lowest BCUT2D eigenvalue weighted by Crippen LogP contribution is -2.44. The second-order valence-electron chi connectivity index (χ2n) is 4.26. The summed E-state index contributed by atoms with van der Waals surface area (Å²) >= 11 is 0. The Kier molecular flexibility index (Phi) is 5.13. The molecule has 0 aliphatic carbocycles. The molecular formula is C11H16F2N2O2. The number of amides is 1. The first-order valence-electron chi connectivity index (χ1n) is 5.59. The molecule has 2 atom stereocenters. The predicted molar refractivity (Wildman–Crippen MR) is 56.7 cm³/mol. The number of hydrogen-bond donors (Lipinski definition) is 0. The topological polar surface area (TPSA) is 53.3 Å². The van der Waals surface area contributed by atoms with E-state index in [4.69, 9.17) is 5.26 Å². The van der Waals surface area contributed by atoms with E-state index in [9.17, 15) is 13.6 Å². The molecule has 17 heavy (non-hydrogen) atoms. The van der Waals surface area contributed by atoms with Gasteiger partial charge in [0.05, 0.1) is 12.0 Å². The zero-order chi connectivity index (χ0) is 12.8. The minimum absolute atomic E-state index is 0.224. The van der Waals surface area contributed by atoms with Crippen LogP contribution in [-0.4, -0.2) is 43.5 Å². The van der Waals surface area contributed by atoms with Crippen molar-refractivity contribution >= 4 is 6.09 Å². The first-order chi connectivity index (χ1) is 8.12. The maximum Gasteiger partial charge on any atom is 0.410 e. The van der Waals surface area contributed by atoms with Gasteiger partial charge in [0.25, 0.3) is 0 Å². The third kappa shape index (κ3) is 3.55. The summed E-state index contributed by atoms with van der Waals surface area (Å²) in [4.78, 5) is 12.9. The Hall–Kier alpha value is -1.38. The molecule has 0 radical (unpaired) electrons. The Morgan fingerprint density at radius 2 is 2.24 bits per heavy atom. The molecule has 1 rings (SSSR count). The highest BCUT2D eigenvalue weighted by molar-refractivity contribution is 5.68. The zero-order valence-electron chi connectivity index (χ0n) is 9.73. The van der Waals surface area contributed by atoms with Gasteiger partial charge in [-0.1, -0.05) is 6.92 Å². The molecule has 1 aliphatic heterocycles. The molecule has 0 aromatic rings. The number of nitriles is 1. The van der Waals surface area contributed by atoms with Crippen LogP contribution in [-0.2, 0) is 4.74 Å². The largest absolute Gasteiger partial charge is 0.441 e. The molecule has 0 aromatic carbocycles. The van der Waals surface area contributed by atoms with Crippen LogP contribution in [0.4, 0.5) is 13.6 Å². The Balaban J connectivity index is 2.50. The van der Waals surface area contributed by atoms with Crippen molar-refractivity contribution in [2.75, 3.05) is 26.4 Å². The van der Waals surface area contributed by atoms with Crippen molar-refractivity contribution < 1.29 is 18.3 Å². The van der Waals surface area contributed by atoms with Crippen LogP contribution in [0.3, 0.4) is 0 Å². The molecule has 6 heteroatoms. The van der Waals surface area contributed by atoms with Crippen molar-refractivity contribution in [1.29, 1.82) is 5.26 Å². The lowest BCUT2D eigenvalue weighted by atomic mass is 9.88. The van der Waals surface area contributed by atoms with Gasteiger partial charge in [-0.25, -0.2) is 13.6 Å². The van der Waals surface area contributed by atoms with Crippen LogP contribution in [0.25, 0.3) is 0 Å². The van der Waals surface area contributed by atoms with Crippen LogP contribution in [0, 0.1) is 23.2 Å². The number of likely N-dealkylation sites (tertiary alicyclic amines) is 1. The van der Waals surface area contributed by atoms with Crippen molar-refractivity contribution in [3.8, 4) is 6.07 Å². The van der Waals surface area contributed by atoms with Crippen molar-refractivity contribution in [2.24, 2.45) is 11.8 Å². The number of ether oxygens (including phenoxy) is 1. The van der Waals surface area contributed by atoms with Crippen LogP contribution in [0.2, 0.25) is 0 Å². The minimum atomic E-state index is -1.33. The summed E-state index contributed by atoms with van der Waals surface area (Å²) in [5, 5.41) is 8.89. The Bertz CT molecular complexity index is 302. The molecule has 0 aromatic heterocycles. The molecule has 2 unspecified atom stereocenters. The summed E-state index contributed by atoms with van der Waals surface area (Å²) in [6.07, 6.45) is -1.37. The van der Waals surface area contributed by atoms with E-state index >= 15 is 0 Å². The number of carbonyl (C=O) groups is 1. The molecule has 1 fully saturated rings. The van der Waals surface area contributed by atoms with Crippen molar-refractivity contribution in [1.82, 2.24) is 4.90 Å². The number of rotatable bonds is 3. The molecule has 1 aliphatic rings. The molecule has 96 valence electrons. The molecule has 1 saturated heterocycles. The molecule has 1 heterocycles. The summed E-state index contributed by atoms with van der Waals surface area (Å²) in [5.41, 5.74) is 0. The minimum Gasteiger partial charge on any atom is -0.441 e. The summed E-state index contributed by atoms with van der Waals surface area (Å²) < 4.78 is 29.0. The summed E-state index contributed by atoms with van der Waals surface area (Å²) in [6.45, 7) is 0.607.